The molecule has 0 bridgehead atoms. The molecule has 2 unspecified atom stereocenters. The summed E-state index contributed by atoms with van der Waals surface area (Å²) in [5.41, 5.74) is 0.0118. The average Bonchev–Trinajstić information content (AvgIpc) is 2.85. The minimum atomic E-state index is -1.24. The van der Waals surface area contributed by atoms with E-state index in [1.165, 1.54) is 6.08 Å². The van der Waals surface area contributed by atoms with E-state index in [1.54, 1.807) is 19.1 Å². The second-order valence-corrected chi connectivity index (χ2v) is 7.34. The van der Waals surface area contributed by atoms with Crippen LogP contribution >= 0.6 is 0 Å². The maximum absolute atomic E-state index is 11.8. The topological polar surface area (TPSA) is 74.6 Å². The van der Waals surface area contributed by atoms with Gasteiger partial charge in [0.1, 0.15) is 5.60 Å². The van der Waals surface area contributed by atoms with Crippen molar-refractivity contribution in [2.24, 2.45) is 11.3 Å². The van der Waals surface area contributed by atoms with Crippen LogP contribution in [0.4, 0.5) is 0 Å². The molecule has 0 saturated carbocycles. The molecular weight excluding hydrogens is 292 g/mol. The number of rotatable bonds is 4. The van der Waals surface area contributed by atoms with E-state index in [1.807, 2.05) is 20.8 Å². The Morgan fingerprint density at radius 3 is 2.61 bits per heavy atom. The van der Waals surface area contributed by atoms with Gasteiger partial charge in [-0.05, 0) is 55.4 Å². The van der Waals surface area contributed by atoms with Gasteiger partial charge < -0.3 is 10.2 Å². The number of carboxylic acids is 1. The summed E-state index contributed by atoms with van der Waals surface area (Å²) < 4.78 is 0. The molecule has 2 rings (SSSR count). The first kappa shape index (κ1) is 17.7. The zero-order valence-electron chi connectivity index (χ0n) is 14.3. The van der Waals surface area contributed by atoms with Crippen molar-refractivity contribution < 1.29 is 19.8 Å². The predicted octanol–water partition coefficient (Wildman–Crippen LogP) is 3.42. The van der Waals surface area contributed by atoms with Crippen molar-refractivity contribution >= 4 is 11.8 Å². The van der Waals surface area contributed by atoms with Crippen LogP contribution in [0.3, 0.4) is 0 Å². The fourth-order valence-electron chi connectivity index (χ4n) is 3.83. The highest BCUT2D eigenvalue weighted by molar-refractivity contribution is 5.93. The Morgan fingerprint density at radius 1 is 1.43 bits per heavy atom. The molecule has 0 spiro atoms. The normalized spacial score (nSPS) is 30.9. The number of hydrogen-bond donors (Lipinski definition) is 2. The summed E-state index contributed by atoms with van der Waals surface area (Å²) >= 11 is 0. The van der Waals surface area contributed by atoms with Gasteiger partial charge in [0.15, 0.2) is 5.78 Å². The van der Waals surface area contributed by atoms with Crippen LogP contribution in [-0.4, -0.2) is 27.6 Å². The van der Waals surface area contributed by atoms with E-state index in [-0.39, 0.29) is 18.1 Å². The van der Waals surface area contributed by atoms with Crippen molar-refractivity contribution in [3.8, 4) is 0 Å². The lowest BCUT2D eigenvalue weighted by molar-refractivity contribution is -0.132. The van der Waals surface area contributed by atoms with Gasteiger partial charge in [0.05, 0.1) is 0 Å². The lowest BCUT2D eigenvalue weighted by Gasteiger charge is -2.44. The van der Waals surface area contributed by atoms with E-state index < -0.39 is 17.0 Å². The molecule has 0 aliphatic heterocycles. The molecule has 0 radical (unpaired) electrons. The smallest absolute Gasteiger partial charge is 0.331 e. The van der Waals surface area contributed by atoms with Gasteiger partial charge in [-0.1, -0.05) is 26.8 Å². The standard InChI is InChI=1S/C19H26O4/c1-5-13-6-7-16(17(21)22)15(13)8-9-19(23)12(2)10-14(20)11-18(19,3)4/h8-10,13,23H,5-7,11H2,1-4H3,(H,21,22). The number of carbonyl (C=O) groups is 2. The number of carbonyl (C=O) groups excluding carboxylic acids is 1. The maximum Gasteiger partial charge on any atom is 0.331 e. The van der Waals surface area contributed by atoms with Crippen molar-refractivity contribution in [3.63, 3.8) is 0 Å². The van der Waals surface area contributed by atoms with Gasteiger partial charge in [0, 0.05) is 17.4 Å². The van der Waals surface area contributed by atoms with E-state index in [2.05, 4.69) is 0 Å². The molecule has 2 N–H and O–H groups in total. The fraction of sp³-hybridized carbons (Fsp3) is 0.579. The van der Waals surface area contributed by atoms with Gasteiger partial charge in [0.25, 0.3) is 0 Å². The summed E-state index contributed by atoms with van der Waals surface area (Å²) in [6.45, 7) is 7.53. The molecule has 126 valence electrons. The quantitative estimate of drug-likeness (QED) is 0.833. The summed E-state index contributed by atoms with van der Waals surface area (Å²) in [5.74, 6) is -0.639. The second-order valence-electron chi connectivity index (χ2n) is 7.34. The Labute approximate surface area is 137 Å². The molecule has 0 amide bonds. The second kappa shape index (κ2) is 6.08. The Hall–Kier alpha value is -1.68. The van der Waals surface area contributed by atoms with Gasteiger partial charge in [-0.25, -0.2) is 4.79 Å². The molecular formula is C19H26O4. The molecule has 0 saturated heterocycles. The summed E-state index contributed by atoms with van der Waals surface area (Å²) in [4.78, 5) is 23.2. The monoisotopic (exact) mass is 318 g/mol. The predicted molar refractivity (Wildman–Crippen MR) is 88.9 cm³/mol. The SMILES string of the molecule is CCC1CCC(C(=O)O)=C1C=CC1(O)C(C)=CC(=O)CC1(C)C. The van der Waals surface area contributed by atoms with Crippen molar-refractivity contribution in [3.05, 3.63) is 34.9 Å². The lowest BCUT2D eigenvalue weighted by Crippen LogP contribution is -2.48. The first-order valence-electron chi connectivity index (χ1n) is 8.22. The molecule has 2 aliphatic rings. The molecule has 0 heterocycles. The highest BCUT2D eigenvalue weighted by atomic mass is 16.4. The number of aliphatic carboxylic acids is 1. The van der Waals surface area contributed by atoms with Gasteiger partial charge in [0.2, 0.25) is 0 Å². The first-order chi connectivity index (χ1) is 10.6. The average molecular weight is 318 g/mol. The lowest BCUT2D eigenvalue weighted by atomic mass is 9.64. The number of hydrogen-bond acceptors (Lipinski definition) is 3. The molecule has 2 atom stereocenters. The highest BCUT2D eigenvalue weighted by Gasteiger charge is 2.46. The van der Waals surface area contributed by atoms with Crippen molar-refractivity contribution in [1.82, 2.24) is 0 Å². The van der Waals surface area contributed by atoms with Crippen LogP contribution in [0.2, 0.25) is 0 Å². The third-order valence-corrected chi connectivity index (χ3v) is 5.41. The summed E-state index contributed by atoms with van der Waals surface area (Å²) in [6, 6.07) is 0. The van der Waals surface area contributed by atoms with E-state index in [0.29, 0.717) is 17.6 Å². The van der Waals surface area contributed by atoms with Crippen LogP contribution in [0.15, 0.2) is 34.9 Å². The minimum absolute atomic E-state index is 0.0170. The highest BCUT2D eigenvalue weighted by Crippen LogP contribution is 2.45. The molecule has 0 fully saturated rings. The summed E-state index contributed by atoms with van der Waals surface area (Å²) in [7, 11) is 0. The molecule has 0 aromatic heterocycles. The van der Waals surface area contributed by atoms with Gasteiger partial charge in [-0.15, -0.1) is 0 Å². The molecule has 2 aliphatic carbocycles. The van der Waals surface area contributed by atoms with Crippen LogP contribution in [-0.2, 0) is 9.59 Å². The largest absolute Gasteiger partial charge is 0.478 e. The zero-order chi connectivity index (χ0) is 17.4. The fourth-order valence-corrected chi connectivity index (χ4v) is 3.83. The Morgan fingerprint density at radius 2 is 2.09 bits per heavy atom. The van der Waals surface area contributed by atoms with Gasteiger partial charge in [-0.2, -0.15) is 0 Å². The van der Waals surface area contributed by atoms with Crippen LogP contribution in [0.5, 0.6) is 0 Å². The Kier molecular flexibility index (Phi) is 4.67. The third kappa shape index (κ3) is 3.05. The number of ketones is 1. The summed E-state index contributed by atoms with van der Waals surface area (Å²) in [5, 5.41) is 20.5. The Bertz CT molecular complexity index is 621. The number of aliphatic hydroxyl groups is 1. The van der Waals surface area contributed by atoms with E-state index >= 15 is 0 Å². The molecule has 4 nitrogen and oxygen atoms in total. The first-order valence-corrected chi connectivity index (χ1v) is 8.22. The van der Waals surface area contributed by atoms with Gasteiger partial charge >= 0.3 is 5.97 Å². The Balaban J connectivity index is 2.44. The van der Waals surface area contributed by atoms with Crippen molar-refractivity contribution in [1.29, 1.82) is 0 Å². The molecule has 0 aromatic rings. The molecule has 0 aromatic carbocycles. The van der Waals surface area contributed by atoms with Crippen LogP contribution in [0.1, 0.15) is 53.4 Å². The third-order valence-electron chi connectivity index (χ3n) is 5.41. The molecule has 4 heteroatoms. The van der Waals surface area contributed by atoms with E-state index in [0.717, 1.165) is 18.4 Å². The minimum Gasteiger partial charge on any atom is -0.478 e. The van der Waals surface area contributed by atoms with Crippen molar-refractivity contribution in [2.75, 3.05) is 0 Å². The number of allylic oxidation sites excluding steroid dienone is 3. The van der Waals surface area contributed by atoms with Crippen LogP contribution in [0, 0.1) is 11.3 Å². The molecule has 23 heavy (non-hydrogen) atoms. The maximum atomic E-state index is 11.8. The van der Waals surface area contributed by atoms with Crippen molar-refractivity contribution in [2.45, 2.75) is 59.0 Å². The zero-order valence-corrected chi connectivity index (χ0v) is 14.3. The van der Waals surface area contributed by atoms with E-state index in [9.17, 15) is 19.8 Å². The van der Waals surface area contributed by atoms with Gasteiger partial charge in [-0.3, -0.25) is 4.79 Å². The summed E-state index contributed by atoms with van der Waals surface area (Å²) in [6.07, 6.45) is 7.53. The van der Waals surface area contributed by atoms with Crippen LogP contribution in [0.25, 0.3) is 0 Å². The van der Waals surface area contributed by atoms with Crippen LogP contribution < -0.4 is 0 Å². The van der Waals surface area contributed by atoms with E-state index in [4.69, 9.17) is 0 Å². The number of carboxylic acid groups (broad SMARTS) is 1.